The number of unbranched alkanes of at least 4 members (excludes halogenated alkanes) is 1. The lowest BCUT2D eigenvalue weighted by atomic mass is 10.3. The van der Waals surface area contributed by atoms with E-state index in [4.69, 9.17) is 5.73 Å². The highest BCUT2D eigenvalue weighted by molar-refractivity contribution is 5.89. The molecule has 4 N–H and O–H groups in total. The Bertz CT molecular complexity index is 385. The van der Waals surface area contributed by atoms with Crippen molar-refractivity contribution in [1.29, 1.82) is 0 Å². The Balaban J connectivity index is 2.40. The van der Waals surface area contributed by atoms with E-state index in [0.29, 0.717) is 19.2 Å². The summed E-state index contributed by atoms with van der Waals surface area (Å²) in [7, 11) is 0. The van der Waals surface area contributed by atoms with Gasteiger partial charge in [0.1, 0.15) is 11.6 Å². The van der Waals surface area contributed by atoms with Crippen LogP contribution in [0, 0.1) is 11.6 Å². The molecule has 0 fully saturated rings. The van der Waals surface area contributed by atoms with Gasteiger partial charge in [-0.1, -0.05) is 0 Å². The molecule has 4 nitrogen and oxygen atoms in total. The molecule has 0 saturated heterocycles. The maximum absolute atomic E-state index is 13.2. The van der Waals surface area contributed by atoms with Crippen LogP contribution in [0.25, 0.3) is 0 Å². The molecule has 0 aliphatic rings. The van der Waals surface area contributed by atoms with Crippen molar-refractivity contribution in [3.05, 3.63) is 29.8 Å². The molecule has 2 amide bonds. The Kier molecular flexibility index (Phi) is 5.35. The van der Waals surface area contributed by atoms with Crippen LogP contribution < -0.4 is 16.4 Å². The molecule has 0 saturated carbocycles. The summed E-state index contributed by atoms with van der Waals surface area (Å²) in [5.41, 5.74) is 5.24. The number of amides is 2. The quantitative estimate of drug-likeness (QED) is 0.690. The van der Waals surface area contributed by atoms with Gasteiger partial charge in [-0.25, -0.2) is 13.6 Å². The van der Waals surface area contributed by atoms with E-state index in [9.17, 15) is 13.6 Å². The Labute approximate surface area is 98.2 Å². The lowest BCUT2D eigenvalue weighted by Gasteiger charge is -2.08. The number of benzene rings is 1. The molecule has 0 aliphatic carbocycles. The molecule has 6 heteroatoms. The Morgan fingerprint density at radius 1 is 1.29 bits per heavy atom. The number of carbonyl (C=O) groups is 1. The second-order valence-corrected chi connectivity index (χ2v) is 3.50. The largest absolute Gasteiger partial charge is 0.338 e. The summed E-state index contributed by atoms with van der Waals surface area (Å²) in [5.74, 6) is -1.49. The predicted molar refractivity (Wildman–Crippen MR) is 61.7 cm³/mol. The highest BCUT2D eigenvalue weighted by atomic mass is 19.1. The molecular formula is C11H15F2N3O. The Morgan fingerprint density at radius 2 is 2.06 bits per heavy atom. The molecule has 94 valence electrons. The van der Waals surface area contributed by atoms with Crippen LogP contribution in [0.3, 0.4) is 0 Å². The number of urea groups is 1. The molecule has 0 aliphatic heterocycles. The van der Waals surface area contributed by atoms with Crippen molar-refractivity contribution in [3.63, 3.8) is 0 Å². The molecule has 1 aromatic rings. The summed E-state index contributed by atoms with van der Waals surface area (Å²) >= 11 is 0. The van der Waals surface area contributed by atoms with Gasteiger partial charge in [-0.2, -0.15) is 0 Å². The minimum absolute atomic E-state index is 0.0530. The van der Waals surface area contributed by atoms with Gasteiger partial charge in [-0.05, 0) is 31.5 Å². The fourth-order valence-corrected chi connectivity index (χ4v) is 1.23. The van der Waals surface area contributed by atoms with E-state index in [1.54, 1.807) is 0 Å². The molecule has 17 heavy (non-hydrogen) atoms. The summed E-state index contributed by atoms with van der Waals surface area (Å²) in [6.07, 6.45) is 1.57. The Morgan fingerprint density at radius 3 is 2.71 bits per heavy atom. The number of anilines is 1. The van der Waals surface area contributed by atoms with E-state index in [1.165, 1.54) is 6.07 Å². The van der Waals surface area contributed by atoms with Crippen LogP contribution in [0.1, 0.15) is 12.8 Å². The van der Waals surface area contributed by atoms with Gasteiger partial charge in [0.05, 0.1) is 5.69 Å². The van der Waals surface area contributed by atoms with Crippen molar-refractivity contribution in [3.8, 4) is 0 Å². The third-order valence-electron chi connectivity index (χ3n) is 2.10. The van der Waals surface area contributed by atoms with Gasteiger partial charge >= 0.3 is 6.03 Å². The molecule has 1 rings (SSSR count). The number of nitrogens with two attached hydrogens (primary N) is 1. The minimum atomic E-state index is -0.804. The average Bonchev–Trinajstić information content (AvgIpc) is 2.28. The first-order chi connectivity index (χ1) is 8.13. The fraction of sp³-hybridized carbons (Fsp3) is 0.364. The molecule has 0 atom stereocenters. The van der Waals surface area contributed by atoms with E-state index in [2.05, 4.69) is 10.6 Å². The van der Waals surface area contributed by atoms with Crippen molar-refractivity contribution in [1.82, 2.24) is 5.32 Å². The Hall–Kier alpha value is -1.69. The first-order valence-electron chi connectivity index (χ1n) is 5.33. The van der Waals surface area contributed by atoms with E-state index in [-0.39, 0.29) is 5.69 Å². The van der Waals surface area contributed by atoms with Crippen LogP contribution in [0.2, 0.25) is 0 Å². The number of carbonyl (C=O) groups excluding carboxylic acids is 1. The zero-order valence-corrected chi connectivity index (χ0v) is 9.30. The third-order valence-corrected chi connectivity index (χ3v) is 2.10. The number of hydrogen-bond acceptors (Lipinski definition) is 2. The summed E-state index contributed by atoms with van der Waals surface area (Å²) in [6, 6.07) is 2.44. The van der Waals surface area contributed by atoms with Crippen LogP contribution in [0.5, 0.6) is 0 Å². The van der Waals surface area contributed by atoms with Gasteiger partial charge in [0.15, 0.2) is 0 Å². The first kappa shape index (κ1) is 13.4. The molecule has 0 bridgehead atoms. The number of halogens is 2. The molecule has 0 unspecified atom stereocenters. The highest BCUT2D eigenvalue weighted by Crippen LogP contribution is 2.14. The summed E-state index contributed by atoms with van der Waals surface area (Å²) in [4.78, 5) is 11.3. The standard InChI is InChI=1S/C11H15F2N3O/c12-8-3-4-10(9(13)7-8)16-11(17)15-6-2-1-5-14/h3-4,7H,1-2,5-6,14H2,(H2,15,16,17). The summed E-state index contributed by atoms with van der Waals surface area (Å²) in [5, 5.41) is 4.83. The number of hydrogen-bond donors (Lipinski definition) is 3. The van der Waals surface area contributed by atoms with Crippen LogP contribution in [-0.2, 0) is 0 Å². The summed E-state index contributed by atoms with van der Waals surface area (Å²) in [6.45, 7) is 1.03. The van der Waals surface area contributed by atoms with Crippen molar-refractivity contribution in [2.24, 2.45) is 5.73 Å². The fourth-order valence-electron chi connectivity index (χ4n) is 1.23. The molecule has 0 heterocycles. The lowest BCUT2D eigenvalue weighted by Crippen LogP contribution is -2.30. The van der Waals surface area contributed by atoms with Crippen molar-refractivity contribution in [2.75, 3.05) is 18.4 Å². The smallest absolute Gasteiger partial charge is 0.319 e. The number of rotatable bonds is 5. The SMILES string of the molecule is NCCCCNC(=O)Nc1ccc(F)cc1F. The van der Waals surface area contributed by atoms with Crippen molar-refractivity contribution >= 4 is 11.7 Å². The van der Waals surface area contributed by atoms with E-state index >= 15 is 0 Å². The minimum Gasteiger partial charge on any atom is -0.338 e. The third kappa shape index (κ3) is 4.78. The van der Waals surface area contributed by atoms with Crippen molar-refractivity contribution < 1.29 is 13.6 Å². The van der Waals surface area contributed by atoms with E-state index < -0.39 is 17.7 Å². The second kappa shape index (κ2) is 6.80. The maximum atomic E-state index is 13.2. The first-order valence-corrected chi connectivity index (χ1v) is 5.33. The molecule has 0 aromatic heterocycles. The molecule has 1 aromatic carbocycles. The topological polar surface area (TPSA) is 67.1 Å². The normalized spacial score (nSPS) is 10.1. The molecule has 0 spiro atoms. The zero-order valence-electron chi connectivity index (χ0n) is 9.30. The van der Waals surface area contributed by atoms with Crippen LogP contribution >= 0.6 is 0 Å². The van der Waals surface area contributed by atoms with Crippen LogP contribution in [0.4, 0.5) is 19.3 Å². The van der Waals surface area contributed by atoms with Gasteiger partial charge < -0.3 is 16.4 Å². The monoisotopic (exact) mass is 243 g/mol. The van der Waals surface area contributed by atoms with Gasteiger partial charge in [-0.15, -0.1) is 0 Å². The predicted octanol–water partition coefficient (Wildman–Crippen LogP) is 1.83. The van der Waals surface area contributed by atoms with Crippen molar-refractivity contribution in [2.45, 2.75) is 12.8 Å². The van der Waals surface area contributed by atoms with Gasteiger partial charge in [-0.3, -0.25) is 0 Å². The summed E-state index contributed by atoms with van der Waals surface area (Å²) < 4.78 is 25.7. The molecule has 0 radical (unpaired) electrons. The maximum Gasteiger partial charge on any atom is 0.319 e. The van der Waals surface area contributed by atoms with Crippen LogP contribution in [0.15, 0.2) is 18.2 Å². The average molecular weight is 243 g/mol. The second-order valence-electron chi connectivity index (χ2n) is 3.50. The highest BCUT2D eigenvalue weighted by Gasteiger charge is 2.06. The van der Waals surface area contributed by atoms with Gasteiger partial charge in [0.2, 0.25) is 0 Å². The molecular weight excluding hydrogens is 228 g/mol. The van der Waals surface area contributed by atoms with Crippen LogP contribution in [-0.4, -0.2) is 19.1 Å². The van der Waals surface area contributed by atoms with E-state index in [1.807, 2.05) is 0 Å². The van der Waals surface area contributed by atoms with Gasteiger partial charge in [0.25, 0.3) is 0 Å². The number of nitrogens with one attached hydrogen (secondary N) is 2. The lowest BCUT2D eigenvalue weighted by molar-refractivity contribution is 0.252. The zero-order chi connectivity index (χ0) is 12.7. The van der Waals surface area contributed by atoms with E-state index in [0.717, 1.165) is 18.9 Å². The van der Waals surface area contributed by atoms with Gasteiger partial charge in [0, 0.05) is 12.6 Å².